The number of rotatable bonds is 7. The summed E-state index contributed by atoms with van der Waals surface area (Å²) in [5.74, 6) is 0.0305. The molecule has 1 aliphatic carbocycles. The van der Waals surface area contributed by atoms with Crippen molar-refractivity contribution < 1.29 is 14.3 Å². The van der Waals surface area contributed by atoms with E-state index in [4.69, 9.17) is 9.72 Å². The maximum atomic E-state index is 13.8. The maximum absolute atomic E-state index is 13.8. The fraction of sp³-hybridized carbons (Fsp3) is 0.310. The number of carbonyl (C=O) groups excluding carboxylic acids is 2. The smallest absolute Gasteiger partial charge is 0.338 e. The fourth-order valence-corrected chi connectivity index (χ4v) is 6.81. The van der Waals surface area contributed by atoms with E-state index in [1.807, 2.05) is 30.3 Å². The van der Waals surface area contributed by atoms with Crippen LogP contribution in [0.15, 0.2) is 64.5 Å². The van der Waals surface area contributed by atoms with Crippen molar-refractivity contribution in [3.63, 3.8) is 0 Å². The lowest BCUT2D eigenvalue weighted by Crippen LogP contribution is -2.23. The van der Waals surface area contributed by atoms with Crippen LogP contribution in [0.25, 0.3) is 15.9 Å². The van der Waals surface area contributed by atoms with Gasteiger partial charge in [-0.15, -0.1) is 11.3 Å². The number of benzene rings is 2. The number of thioether (sulfide) groups is 1. The number of aromatic nitrogens is 2. The minimum absolute atomic E-state index is 0.0735. The molecule has 9 heteroatoms. The first-order valence-electron chi connectivity index (χ1n) is 12.7. The fourth-order valence-electron chi connectivity index (χ4n) is 4.57. The van der Waals surface area contributed by atoms with Crippen molar-refractivity contribution in [3.8, 4) is 5.69 Å². The largest absolute Gasteiger partial charge is 0.459 e. The number of nitrogens with zero attached hydrogens (tertiary/aromatic N) is 2. The number of ether oxygens (including phenoxy) is 1. The average molecular weight is 548 g/mol. The Morgan fingerprint density at radius 2 is 1.89 bits per heavy atom. The Kier molecular flexibility index (Phi) is 7.67. The Bertz CT molecular complexity index is 1540. The molecule has 1 N–H and O–H groups in total. The zero-order chi connectivity index (χ0) is 26.8. The van der Waals surface area contributed by atoms with Gasteiger partial charge in [0, 0.05) is 10.6 Å². The molecule has 1 unspecified atom stereocenters. The SMILES string of the molecule is CC1CCc2c(sc3nc(SCC(=O)Nc4ccc(C(=O)OC(C)C)cc4)n(-c4ccccc4)c(=O)c23)C1. The third kappa shape index (κ3) is 5.54. The molecule has 1 amide bonds. The molecule has 1 atom stereocenters. The monoisotopic (exact) mass is 547 g/mol. The summed E-state index contributed by atoms with van der Waals surface area (Å²) in [6.07, 6.45) is 2.73. The van der Waals surface area contributed by atoms with Gasteiger partial charge in [0.2, 0.25) is 5.91 Å². The van der Waals surface area contributed by atoms with Gasteiger partial charge in [-0.2, -0.15) is 0 Å². The molecule has 2 heterocycles. The average Bonchev–Trinajstić information content (AvgIpc) is 3.25. The molecule has 0 spiro atoms. The van der Waals surface area contributed by atoms with Crippen molar-refractivity contribution >= 4 is 50.9 Å². The third-order valence-electron chi connectivity index (χ3n) is 6.39. The van der Waals surface area contributed by atoms with Gasteiger partial charge in [0.25, 0.3) is 5.56 Å². The van der Waals surface area contributed by atoms with E-state index in [1.54, 1.807) is 54.0 Å². The molecule has 0 fully saturated rings. The zero-order valence-corrected chi connectivity index (χ0v) is 23.2. The Hall–Kier alpha value is -3.43. The number of carbonyl (C=O) groups is 2. The van der Waals surface area contributed by atoms with Gasteiger partial charge < -0.3 is 10.1 Å². The number of amides is 1. The van der Waals surface area contributed by atoms with Crippen molar-refractivity contribution in [3.05, 3.63) is 81.0 Å². The van der Waals surface area contributed by atoms with Crippen molar-refractivity contribution in [2.24, 2.45) is 5.92 Å². The number of nitrogens with one attached hydrogen (secondary N) is 1. The topological polar surface area (TPSA) is 90.3 Å². The van der Waals surface area contributed by atoms with Crippen LogP contribution in [-0.4, -0.2) is 33.3 Å². The number of hydrogen-bond donors (Lipinski definition) is 1. The normalized spacial score (nSPS) is 14.9. The first kappa shape index (κ1) is 26.2. The van der Waals surface area contributed by atoms with Crippen molar-refractivity contribution in [2.45, 2.75) is 51.3 Å². The number of anilines is 1. The Morgan fingerprint density at radius 1 is 1.16 bits per heavy atom. The van der Waals surface area contributed by atoms with E-state index >= 15 is 0 Å². The molecule has 0 aliphatic heterocycles. The van der Waals surface area contributed by atoms with Gasteiger partial charge in [0.15, 0.2) is 5.16 Å². The summed E-state index contributed by atoms with van der Waals surface area (Å²) < 4.78 is 6.83. The summed E-state index contributed by atoms with van der Waals surface area (Å²) in [5.41, 5.74) is 2.77. The molecule has 0 saturated heterocycles. The number of para-hydroxylation sites is 1. The Morgan fingerprint density at radius 3 is 2.61 bits per heavy atom. The molecule has 196 valence electrons. The van der Waals surface area contributed by atoms with Crippen molar-refractivity contribution in [1.29, 1.82) is 0 Å². The lowest BCUT2D eigenvalue weighted by molar-refractivity contribution is -0.113. The van der Waals surface area contributed by atoms with Gasteiger partial charge in [-0.1, -0.05) is 36.9 Å². The molecule has 0 saturated carbocycles. The summed E-state index contributed by atoms with van der Waals surface area (Å²) in [6, 6.07) is 16.0. The molecular formula is C29H29N3O4S2. The van der Waals surface area contributed by atoms with E-state index in [9.17, 15) is 14.4 Å². The lowest BCUT2D eigenvalue weighted by Gasteiger charge is -2.17. The second-order valence-corrected chi connectivity index (χ2v) is 11.8. The van der Waals surface area contributed by atoms with Crippen LogP contribution in [0.5, 0.6) is 0 Å². The standard InChI is InChI=1S/C29H29N3O4S2/c1-17(2)36-28(35)19-10-12-20(13-11-19)30-24(33)16-37-29-31-26-25(22-14-9-18(3)15-23(22)38-26)27(34)32(29)21-7-5-4-6-8-21/h4-8,10-13,17-18H,9,14-16H2,1-3H3,(H,30,33). The highest BCUT2D eigenvalue weighted by Crippen LogP contribution is 2.37. The van der Waals surface area contributed by atoms with Gasteiger partial charge in [0.05, 0.1) is 28.5 Å². The zero-order valence-electron chi connectivity index (χ0n) is 21.5. The number of aryl methyl sites for hydroxylation is 1. The molecule has 38 heavy (non-hydrogen) atoms. The maximum Gasteiger partial charge on any atom is 0.338 e. The van der Waals surface area contributed by atoms with E-state index in [0.717, 1.165) is 35.3 Å². The van der Waals surface area contributed by atoms with Crippen LogP contribution in [-0.2, 0) is 22.4 Å². The van der Waals surface area contributed by atoms with Crippen LogP contribution in [0.3, 0.4) is 0 Å². The highest BCUT2D eigenvalue weighted by Gasteiger charge is 2.25. The number of thiophene rings is 1. The number of hydrogen-bond acceptors (Lipinski definition) is 7. The summed E-state index contributed by atoms with van der Waals surface area (Å²) >= 11 is 2.84. The van der Waals surface area contributed by atoms with Gasteiger partial charge in [-0.3, -0.25) is 14.2 Å². The first-order chi connectivity index (χ1) is 18.3. The molecule has 5 rings (SSSR count). The van der Waals surface area contributed by atoms with Crippen LogP contribution in [0.1, 0.15) is 48.0 Å². The second kappa shape index (κ2) is 11.1. The quantitative estimate of drug-likeness (QED) is 0.177. The lowest BCUT2D eigenvalue weighted by atomic mass is 9.89. The van der Waals surface area contributed by atoms with Gasteiger partial charge >= 0.3 is 5.97 Å². The highest BCUT2D eigenvalue weighted by atomic mass is 32.2. The Balaban J connectivity index is 1.39. The van der Waals surface area contributed by atoms with Crippen molar-refractivity contribution in [1.82, 2.24) is 9.55 Å². The van der Waals surface area contributed by atoms with Crippen LogP contribution in [0, 0.1) is 5.92 Å². The molecule has 0 bridgehead atoms. The van der Waals surface area contributed by atoms with E-state index in [0.29, 0.717) is 27.7 Å². The predicted octanol–water partition coefficient (Wildman–Crippen LogP) is 5.87. The van der Waals surface area contributed by atoms with E-state index < -0.39 is 5.97 Å². The number of esters is 1. The van der Waals surface area contributed by atoms with E-state index in [1.165, 1.54) is 16.6 Å². The van der Waals surface area contributed by atoms with Crippen LogP contribution >= 0.6 is 23.1 Å². The molecule has 2 aromatic heterocycles. The van der Waals surface area contributed by atoms with Crippen LogP contribution in [0.4, 0.5) is 5.69 Å². The summed E-state index contributed by atoms with van der Waals surface area (Å²) in [4.78, 5) is 45.6. The van der Waals surface area contributed by atoms with E-state index in [2.05, 4.69) is 12.2 Å². The Labute approximate surface area is 229 Å². The minimum Gasteiger partial charge on any atom is -0.459 e. The molecule has 1 aliphatic rings. The van der Waals surface area contributed by atoms with Crippen LogP contribution < -0.4 is 10.9 Å². The molecule has 2 aromatic carbocycles. The second-order valence-electron chi connectivity index (χ2n) is 9.77. The van der Waals surface area contributed by atoms with Gasteiger partial charge in [0.1, 0.15) is 4.83 Å². The van der Waals surface area contributed by atoms with Gasteiger partial charge in [-0.05, 0) is 81.0 Å². The predicted molar refractivity (Wildman–Crippen MR) is 153 cm³/mol. The third-order valence-corrected chi connectivity index (χ3v) is 8.48. The van der Waals surface area contributed by atoms with Crippen molar-refractivity contribution in [2.75, 3.05) is 11.1 Å². The first-order valence-corrected chi connectivity index (χ1v) is 14.5. The molecular weight excluding hydrogens is 518 g/mol. The highest BCUT2D eigenvalue weighted by molar-refractivity contribution is 7.99. The minimum atomic E-state index is -0.404. The summed E-state index contributed by atoms with van der Waals surface area (Å²) in [5, 5.41) is 4.05. The summed E-state index contributed by atoms with van der Waals surface area (Å²) in [7, 11) is 0. The molecule has 0 radical (unpaired) electrons. The molecule has 7 nitrogen and oxygen atoms in total. The molecule has 4 aromatic rings. The van der Waals surface area contributed by atoms with E-state index in [-0.39, 0.29) is 23.3 Å². The van der Waals surface area contributed by atoms with Crippen LogP contribution in [0.2, 0.25) is 0 Å². The van der Waals surface area contributed by atoms with Gasteiger partial charge in [-0.25, -0.2) is 9.78 Å². The number of fused-ring (bicyclic) bond motifs is 3. The summed E-state index contributed by atoms with van der Waals surface area (Å²) in [6.45, 7) is 5.83.